The Morgan fingerprint density at radius 2 is 2.15 bits per heavy atom. The molecule has 0 aromatic heterocycles. The number of aromatic carboxylic acids is 1. The van der Waals surface area contributed by atoms with Crippen LogP contribution in [-0.4, -0.2) is 18.3 Å². The summed E-state index contributed by atoms with van der Waals surface area (Å²) in [7, 11) is 0. The van der Waals surface area contributed by atoms with Crippen molar-refractivity contribution in [2.45, 2.75) is 4.90 Å². The van der Waals surface area contributed by atoms with Crippen molar-refractivity contribution in [3.63, 3.8) is 0 Å². The minimum absolute atomic E-state index is 0.265. The molecule has 0 aliphatic carbocycles. The van der Waals surface area contributed by atoms with Gasteiger partial charge in [0, 0.05) is 16.2 Å². The summed E-state index contributed by atoms with van der Waals surface area (Å²) in [5.41, 5.74) is 3.96. The van der Waals surface area contributed by atoms with Crippen LogP contribution in [0, 0.1) is 0 Å². The molecule has 0 amide bonds. The molecule has 0 bridgehead atoms. The molecule has 0 saturated carbocycles. The highest BCUT2D eigenvalue weighted by molar-refractivity contribution is 7.99. The number of carbonyl (C=O) groups is 1. The van der Waals surface area contributed by atoms with Crippen LogP contribution < -0.4 is 10.8 Å². The van der Waals surface area contributed by atoms with Gasteiger partial charge in [0.2, 0.25) is 0 Å². The molecule has 1 aromatic rings. The summed E-state index contributed by atoms with van der Waals surface area (Å²) >= 11 is 1.49. The van der Waals surface area contributed by atoms with E-state index >= 15 is 0 Å². The van der Waals surface area contributed by atoms with E-state index in [1.54, 1.807) is 18.2 Å². The SMILES string of the molecule is [NH3+]CCSc1ccccc1C(=O)[O-]. The average molecular weight is 197 g/mol. The summed E-state index contributed by atoms with van der Waals surface area (Å²) in [4.78, 5) is 11.4. The Bertz CT molecular complexity index is 301. The molecule has 0 atom stereocenters. The van der Waals surface area contributed by atoms with E-state index in [1.807, 2.05) is 6.07 Å². The van der Waals surface area contributed by atoms with E-state index in [9.17, 15) is 9.90 Å². The highest BCUT2D eigenvalue weighted by atomic mass is 32.2. The summed E-state index contributed by atoms with van der Waals surface area (Å²) in [5.74, 6) is -0.295. The number of benzene rings is 1. The molecule has 3 nitrogen and oxygen atoms in total. The maximum Gasteiger partial charge on any atom is 0.0835 e. The second kappa shape index (κ2) is 4.89. The van der Waals surface area contributed by atoms with Crippen molar-refractivity contribution in [3.05, 3.63) is 29.8 Å². The van der Waals surface area contributed by atoms with Crippen LogP contribution in [0.25, 0.3) is 0 Å². The van der Waals surface area contributed by atoms with Gasteiger partial charge in [-0.05, 0) is 6.07 Å². The van der Waals surface area contributed by atoms with Crippen LogP contribution in [0.1, 0.15) is 10.4 Å². The number of carboxylic acid groups (broad SMARTS) is 1. The summed E-state index contributed by atoms with van der Waals surface area (Å²) in [6.07, 6.45) is 0. The van der Waals surface area contributed by atoms with Crippen molar-refractivity contribution in [2.24, 2.45) is 0 Å². The van der Waals surface area contributed by atoms with E-state index in [-0.39, 0.29) is 5.56 Å². The molecule has 70 valence electrons. The maximum atomic E-state index is 10.6. The molecule has 0 aliphatic rings. The Hall–Kier alpha value is -1.00. The monoisotopic (exact) mass is 197 g/mol. The molecule has 13 heavy (non-hydrogen) atoms. The summed E-state index contributed by atoms with van der Waals surface area (Å²) in [6.45, 7) is 0.784. The van der Waals surface area contributed by atoms with Gasteiger partial charge in [-0.2, -0.15) is 0 Å². The fraction of sp³-hybridized carbons (Fsp3) is 0.222. The predicted molar refractivity (Wildman–Crippen MR) is 49.3 cm³/mol. The first kappa shape index (κ1) is 10.1. The first-order valence-corrected chi connectivity index (χ1v) is 4.96. The Kier molecular flexibility index (Phi) is 3.79. The van der Waals surface area contributed by atoms with Crippen LogP contribution in [0.4, 0.5) is 0 Å². The van der Waals surface area contributed by atoms with Gasteiger partial charge in [-0.3, -0.25) is 0 Å². The highest BCUT2D eigenvalue weighted by Gasteiger charge is 2.01. The third kappa shape index (κ3) is 2.75. The molecular weight excluding hydrogens is 186 g/mol. The molecule has 0 aliphatic heterocycles. The van der Waals surface area contributed by atoms with Crippen LogP contribution in [0.2, 0.25) is 0 Å². The van der Waals surface area contributed by atoms with E-state index in [1.165, 1.54) is 11.8 Å². The third-order valence-corrected chi connectivity index (χ3v) is 2.67. The van der Waals surface area contributed by atoms with E-state index < -0.39 is 5.97 Å². The Balaban J connectivity index is 2.84. The first-order valence-electron chi connectivity index (χ1n) is 3.98. The van der Waals surface area contributed by atoms with Crippen molar-refractivity contribution in [2.75, 3.05) is 12.3 Å². The van der Waals surface area contributed by atoms with Gasteiger partial charge in [-0.25, -0.2) is 0 Å². The van der Waals surface area contributed by atoms with Gasteiger partial charge in [0.15, 0.2) is 0 Å². The number of quaternary nitrogens is 1. The predicted octanol–water partition coefficient (Wildman–Crippen LogP) is -0.616. The zero-order valence-corrected chi connectivity index (χ0v) is 7.97. The van der Waals surface area contributed by atoms with Crippen LogP contribution >= 0.6 is 11.8 Å². The van der Waals surface area contributed by atoms with Gasteiger partial charge in [-0.15, -0.1) is 11.8 Å². The quantitative estimate of drug-likeness (QED) is 0.654. The Labute approximate surface area is 80.9 Å². The lowest BCUT2D eigenvalue weighted by molar-refractivity contribution is -0.360. The van der Waals surface area contributed by atoms with Crippen molar-refractivity contribution in [1.82, 2.24) is 0 Å². The highest BCUT2D eigenvalue weighted by Crippen LogP contribution is 2.21. The van der Waals surface area contributed by atoms with Crippen molar-refractivity contribution in [3.8, 4) is 0 Å². The normalized spacial score (nSPS) is 9.92. The van der Waals surface area contributed by atoms with E-state index in [2.05, 4.69) is 5.73 Å². The molecule has 3 N–H and O–H groups in total. The molecule has 0 unspecified atom stereocenters. The van der Waals surface area contributed by atoms with E-state index in [0.29, 0.717) is 0 Å². The molecule has 0 saturated heterocycles. The summed E-state index contributed by atoms with van der Waals surface area (Å²) in [6, 6.07) is 6.85. The number of hydrogen-bond acceptors (Lipinski definition) is 3. The zero-order valence-electron chi connectivity index (χ0n) is 7.16. The van der Waals surface area contributed by atoms with Gasteiger partial charge >= 0.3 is 0 Å². The van der Waals surface area contributed by atoms with Gasteiger partial charge in [-0.1, -0.05) is 18.2 Å². The second-order valence-electron chi connectivity index (χ2n) is 2.49. The van der Waals surface area contributed by atoms with Gasteiger partial charge in [0.05, 0.1) is 12.5 Å². The third-order valence-electron chi connectivity index (χ3n) is 1.51. The minimum Gasteiger partial charge on any atom is -0.545 e. The van der Waals surface area contributed by atoms with Crippen LogP contribution in [0.5, 0.6) is 0 Å². The molecule has 0 radical (unpaired) electrons. The minimum atomic E-state index is -1.12. The molecule has 1 rings (SSSR count). The van der Waals surface area contributed by atoms with Gasteiger partial charge in [0.25, 0.3) is 0 Å². The largest absolute Gasteiger partial charge is 0.545 e. The smallest absolute Gasteiger partial charge is 0.0835 e. The standard InChI is InChI=1S/C9H11NO2S/c10-5-6-13-8-4-2-1-3-7(8)9(11)12/h1-4H,5-6,10H2,(H,11,12). The number of thioether (sulfide) groups is 1. The lowest BCUT2D eigenvalue weighted by Gasteiger charge is -2.07. The molecule has 4 heteroatoms. The molecule has 0 spiro atoms. The fourth-order valence-electron chi connectivity index (χ4n) is 0.943. The number of carbonyl (C=O) groups excluding carboxylic acids is 1. The number of hydrogen-bond donors (Lipinski definition) is 1. The van der Waals surface area contributed by atoms with Crippen molar-refractivity contribution < 1.29 is 15.6 Å². The molecular formula is C9H11NO2S. The topological polar surface area (TPSA) is 67.8 Å². The van der Waals surface area contributed by atoms with Crippen LogP contribution in [-0.2, 0) is 0 Å². The number of rotatable bonds is 4. The molecule has 1 aromatic carbocycles. The average Bonchev–Trinajstić information content (AvgIpc) is 2.15. The molecule has 0 fully saturated rings. The Morgan fingerprint density at radius 3 is 2.77 bits per heavy atom. The van der Waals surface area contributed by atoms with E-state index in [4.69, 9.17) is 0 Å². The fourth-order valence-corrected chi connectivity index (χ4v) is 1.79. The van der Waals surface area contributed by atoms with Gasteiger partial charge in [0.1, 0.15) is 0 Å². The lowest BCUT2D eigenvalue weighted by atomic mass is 10.2. The molecule has 0 heterocycles. The summed E-state index contributed by atoms with van der Waals surface area (Å²) < 4.78 is 0. The second-order valence-corrected chi connectivity index (χ2v) is 3.62. The summed E-state index contributed by atoms with van der Waals surface area (Å²) in [5, 5.41) is 10.6. The first-order chi connectivity index (χ1) is 6.25. The maximum absolute atomic E-state index is 10.6. The Morgan fingerprint density at radius 1 is 1.46 bits per heavy atom. The van der Waals surface area contributed by atoms with E-state index in [0.717, 1.165) is 17.2 Å². The van der Waals surface area contributed by atoms with Gasteiger partial charge < -0.3 is 15.6 Å². The van der Waals surface area contributed by atoms with Crippen molar-refractivity contribution in [1.29, 1.82) is 0 Å². The number of carboxylic acids is 1. The van der Waals surface area contributed by atoms with Crippen molar-refractivity contribution >= 4 is 17.7 Å². The zero-order chi connectivity index (χ0) is 9.68. The van der Waals surface area contributed by atoms with Crippen LogP contribution in [0.15, 0.2) is 29.2 Å². The van der Waals surface area contributed by atoms with Crippen LogP contribution in [0.3, 0.4) is 0 Å². The lowest BCUT2D eigenvalue weighted by Crippen LogP contribution is -2.51.